The van der Waals surface area contributed by atoms with Crippen LogP contribution in [-0.4, -0.2) is 15.9 Å². The average molecular weight is 393 g/mol. The van der Waals surface area contributed by atoms with Crippen molar-refractivity contribution in [3.63, 3.8) is 0 Å². The van der Waals surface area contributed by atoms with Crippen molar-refractivity contribution >= 4 is 21.9 Å². The van der Waals surface area contributed by atoms with Gasteiger partial charge in [0.25, 0.3) is 0 Å². The van der Waals surface area contributed by atoms with Gasteiger partial charge in [-0.15, -0.1) is 0 Å². The van der Waals surface area contributed by atoms with Crippen molar-refractivity contribution in [2.24, 2.45) is 0 Å². The first kappa shape index (κ1) is 25.2. The number of hydrogen-bond acceptors (Lipinski definition) is 1. The summed E-state index contributed by atoms with van der Waals surface area (Å²) >= 11 is 3.18. The van der Waals surface area contributed by atoms with Crippen LogP contribution in [-0.2, 0) is 4.79 Å². The van der Waals surface area contributed by atoms with Crippen molar-refractivity contribution in [1.29, 1.82) is 0 Å². The van der Waals surface area contributed by atoms with E-state index in [1.807, 2.05) is 0 Å². The predicted octanol–water partition coefficient (Wildman–Crippen LogP) is 7.73. The molecule has 0 aromatic carbocycles. The second-order valence-corrected chi connectivity index (χ2v) is 7.65. The molecule has 0 aliphatic carbocycles. The van der Waals surface area contributed by atoms with Gasteiger partial charge in [0.1, 0.15) is 4.83 Å². The topological polar surface area (TPSA) is 37.3 Å². The third-order valence-corrected chi connectivity index (χ3v) is 5.18. The zero-order valence-corrected chi connectivity index (χ0v) is 16.2. The third-order valence-electron chi connectivity index (χ3n) is 4.33. The molecule has 0 heterocycles. The summed E-state index contributed by atoms with van der Waals surface area (Å²) in [6.07, 6.45) is 21.0. The number of carboxylic acid groups (broad SMARTS) is 1. The summed E-state index contributed by atoms with van der Waals surface area (Å²) in [7, 11) is 0. The molecule has 0 saturated carbocycles. The van der Waals surface area contributed by atoms with Crippen molar-refractivity contribution in [3.05, 3.63) is 0 Å². The fourth-order valence-electron chi connectivity index (χ4n) is 2.82. The van der Waals surface area contributed by atoms with E-state index in [4.69, 9.17) is 5.11 Å². The van der Waals surface area contributed by atoms with Gasteiger partial charge in [-0.05, 0) is 6.42 Å². The second-order valence-electron chi connectivity index (χ2n) is 6.54. The molecular weight excluding hydrogens is 352 g/mol. The SMILES string of the molecule is C.CCCCCCCCCCCCCCCCCC(Br)C(=O)O. The molecule has 0 aliphatic heterocycles. The number of carboxylic acids is 1. The van der Waals surface area contributed by atoms with Crippen LogP contribution in [0.3, 0.4) is 0 Å². The van der Waals surface area contributed by atoms with Crippen molar-refractivity contribution in [2.75, 3.05) is 0 Å². The molecule has 23 heavy (non-hydrogen) atoms. The number of unbranched alkanes of at least 4 members (excludes halogenated alkanes) is 14. The van der Waals surface area contributed by atoms with E-state index in [9.17, 15) is 4.79 Å². The Morgan fingerprint density at radius 2 is 1.04 bits per heavy atom. The molecule has 0 fully saturated rings. The molecule has 1 N–H and O–H groups in total. The van der Waals surface area contributed by atoms with Crippen molar-refractivity contribution in [2.45, 2.75) is 122 Å². The molecule has 0 radical (unpaired) electrons. The number of alkyl halides is 1. The minimum Gasteiger partial charge on any atom is -0.480 e. The smallest absolute Gasteiger partial charge is 0.317 e. The van der Waals surface area contributed by atoms with Crippen LogP contribution in [0.15, 0.2) is 0 Å². The first-order chi connectivity index (χ1) is 10.7. The minimum atomic E-state index is -0.731. The maximum absolute atomic E-state index is 10.6. The summed E-state index contributed by atoms with van der Waals surface area (Å²) < 4.78 is 0. The summed E-state index contributed by atoms with van der Waals surface area (Å²) in [5.41, 5.74) is 0. The highest BCUT2D eigenvalue weighted by Crippen LogP contribution is 2.15. The molecule has 0 saturated heterocycles. The van der Waals surface area contributed by atoms with Gasteiger partial charge in [-0.2, -0.15) is 0 Å². The lowest BCUT2D eigenvalue weighted by molar-refractivity contribution is -0.136. The summed E-state index contributed by atoms with van der Waals surface area (Å²) in [5, 5.41) is 8.75. The quantitative estimate of drug-likeness (QED) is 0.203. The highest BCUT2D eigenvalue weighted by Gasteiger charge is 2.11. The molecule has 2 nitrogen and oxygen atoms in total. The van der Waals surface area contributed by atoms with E-state index in [1.165, 1.54) is 89.9 Å². The van der Waals surface area contributed by atoms with Crippen LogP contribution in [0.5, 0.6) is 0 Å². The van der Waals surface area contributed by atoms with E-state index >= 15 is 0 Å². The van der Waals surface area contributed by atoms with Gasteiger partial charge in [0.15, 0.2) is 0 Å². The Labute approximate surface area is 154 Å². The lowest BCUT2D eigenvalue weighted by Crippen LogP contribution is -2.11. The molecule has 0 aliphatic rings. The molecule has 1 atom stereocenters. The van der Waals surface area contributed by atoms with Gasteiger partial charge in [0.2, 0.25) is 0 Å². The Morgan fingerprint density at radius 3 is 1.35 bits per heavy atom. The van der Waals surface area contributed by atoms with E-state index in [0.717, 1.165) is 12.8 Å². The molecule has 0 aromatic heterocycles. The normalized spacial score (nSPS) is 11.9. The molecule has 0 spiro atoms. The first-order valence-electron chi connectivity index (χ1n) is 9.55. The largest absolute Gasteiger partial charge is 0.480 e. The molecule has 3 heteroatoms. The van der Waals surface area contributed by atoms with E-state index in [2.05, 4.69) is 22.9 Å². The number of aliphatic carboxylic acids is 1. The third kappa shape index (κ3) is 19.9. The molecule has 0 rings (SSSR count). The molecule has 1 unspecified atom stereocenters. The molecule has 140 valence electrons. The van der Waals surface area contributed by atoms with Gasteiger partial charge in [-0.25, -0.2) is 0 Å². The Balaban J connectivity index is 0. The number of halogens is 1. The predicted molar refractivity (Wildman–Crippen MR) is 107 cm³/mol. The Hall–Kier alpha value is -0.0500. The van der Waals surface area contributed by atoms with Gasteiger partial charge in [0, 0.05) is 0 Å². The van der Waals surface area contributed by atoms with Crippen LogP contribution in [0.2, 0.25) is 0 Å². The molecular formula is C20H41BrO2. The van der Waals surface area contributed by atoms with Crippen LogP contribution in [0.4, 0.5) is 0 Å². The number of carbonyl (C=O) groups is 1. The Morgan fingerprint density at radius 1 is 0.739 bits per heavy atom. The maximum atomic E-state index is 10.6. The van der Waals surface area contributed by atoms with Gasteiger partial charge < -0.3 is 5.11 Å². The zero-order chi connectivity index (χ0) is 16.5. The summed E-state index contributed by atoms with van der Waals surface area (Å²) in [6, 6.07) is 0. The van der Waals surface area contributed by atoms with Crippen molar-refractivity contribution < 1.29 is 9.90 Å². The lowest BCUT2D eigenvalue weighted by atomic mass is 10.0. The van der Waals surface area contributed by atoms with Crippen LogP contribution < -0.4 is 0 Å². The first-order valence-corrected chi connectivity index (χ1v) is 10.5. The van der Waals surface area contributed by atoms with Crippen LogP contribution in [0.25, 0.3) is 0 Å². The van der Waals surface area contributed by atoms with E-state index in [1.54, 1.807) is 0 Å². The average Bonchev–Trinajstić information content (AvgIpc) is 2.50. The number of rotatable bonds is 17. The highest BCUT2D eigenvalue weighted by molar-refractivity contribution is 9.10. The lowest BCUT2D eigenvalue weighted by Gasteiger charge is -2.05. The zero-order valence-electron chi connectivity index (χ0n) is 14.6. The monoisotopic (exact) mass is 392 g/mol. The summed E-state index contributed by atoms with van der Waals surface area (Å²) in [6.45, 7) is 2.27. The summed E-state index contributed by atoms with van der Waals surface area (Å²) in [4.78, 5) is 10.3. The fraction of sp³-hybridized carbons (Fsp3) is 0.950. The van der Waals surface area contributed by atoms with Crippen LogP contribution in [0, 0.1) is 0 Å². The highest BCUT2D eigenvalue weighted by atomic mass is 79.9. The van der Waals surface area contributed by atoms with Crippen molar-refractivity contribution in [1.82, 2.24) is 0 Å². The van der Waals surface area contributed by atoms with Crippen molar-refractivity contribution in [3.8, 4) is 0 Å². The van der Waals surface area contributed by atoms with Gasteiger partial charge >= 0.3 is 5.97 Å². The van der Waals surface area contributed by atoms with E-state index in [-0.39, 0.29) is 12.3 Å². The van der Waals surface area contributed by atoms with Crippen LogP contribution >= 0.6 is 15.9 Å². The molecule has 0 amide bonds. The molecule has 0 bridgehead atoms. The standard InChI is InChI=1S/C19H37BrO2.CH4/c1-2-3-4-5-6-7-8-9-10-11-12-13-14-15-16-17-18(20)19(21)22;/h18H,2-17H2,1H3,(H,21,22);1H4. The number of hydrogen-bond donors (Lipinski definition) is 1. The Bertz CT molecular complexity index is 244. The second kappa shape index (κ2) is 20.0. The van der Waals surface area contributed by atoms with Gasteiger partial charge in [-0.1, -0.05) is 127 Å². The maximum Gasteiger partial charge on any atom is 0.317 e. The van der Waals surface area contributed by atoms with E-state index < -0.39 is 5.97 Å². The van der Waals surface area contributed by atoms with E-state index in [0.29, 0.717) is 0 Å². The Kier molecular flexibility index (Phi) is 21.9. The van der Waals surface area contributed by atoms with Gasteiger partial charge in [0.05, 0.1) is 0 Å². The van der Waals surface area contributed by atoms with Gasteiger partial charge in [-0.3, -0.25) is 4.79 Å². The molecule has 0 aromatic rings. The fourth-order valence-corrected chi connectivity index (χ4v) is 3.14. The summed E-state index contributed by atoms with van der Waals surface area (Å²) in [5.74, 6) is -0.731. The van der Waals surface area contributed by atoms with Crippen LogP contribution in [0.1, 0.15) is 117 Å². The minimum absolute atomic E-state index is 0.